The Morgan fingerprint density at radius 3 is 2.35 bits per heavy atom. The van der Waals surface area contributed by atoms with Crippen LogP contribution < -0.4 is 20.3 Å². The lowest BCUT2D eigenvalue weighted by atomic mass is 9.48. The van der Waals surface area contributed by atoms with E-state index in [1.807, 2.05) is 44.7 Å². The van der Waals surface area contributed by atoms with Gasteiger partial charge >= 0.3 is 0 Å². The van der Waals surface area contributed by atoms with Gasteiger partial charge in [-0.15, -0.1) is 0 Å². The summed E-state index contributed by atoms with van der Waals surface area (Å²) in [5, 5.41) is 10.3. The zero-order valence-electron chi connectivity index (χ0n) is 35.6. The summed E-state index contributed by atoms with van der Waals surface area (Å²) in [6, 6.07) is 14.6. The number of imide groups is 1. The van der Waals surface area contributed by atoms with E-state index in [2.05, 4.69) is 25.8 Å². The molecule has 3 saturated heterocycles. The number of primary amides is 1. The van der Waals surface area contributed by atoms with Crippen LogP contribution in [0.5, 0.6) is 5.75 Å². The fraction of sp³-hybridized carbons (Fsp3) is 0.468. The van der Waals surface area contributed by atoms with E-state index < -0.39 is 52.6 Å². The standard InChI is InChI=1S/C47H52FN9O5/c1-46(2)44(47(3,4)45(46)62-37-10-7-29(24-49)40-32(37)6-5-15-51-40)57-39(58)12-9-35(43(57)61)56-27-31-22-36(34(48)23-33(31)42(56)60)54-20-18-53(19-21-54)26-28-13-16-55(17-14-28)38-11-8-30(25-52-38)41(50)59/h5-8,10-11,15,22-23,25,28,35,44-45H,9,12-14,16-21,26-27H2,1-4H3,(H2,50,59)/t35-,44?,45?/m0/s1. The van der Waals surface area contributed by atoms with E-state index in [9.17, 15) is 24.4 Å². The molecule has 62 heavy (non-hydrogen) atoms. The fourth-order valence-corrected chi connectivity index (χ4v) is 11.3. The minimum absolute atomic E-state index is 0.100. The lowest BCUT2D eigenvalue weighted by Gasteiger charge is -2.66. The number of anilines is 2. The molecule has 322 valence electrons. The first-order chi connectivity index (χ1) is 29.7. The SMILES string of the molecule is CC1(C)C(Oc2ccc(C#N)c3ncccc23)C(C)(C)C1N1C(=O)CC[C@H](N2Cc3cc(N4CCN(CC5CCN(c6ccc(C(N)=O)cn6)CC5)CC4)c(F)cc3C2=O)C1=O. The zero-order valence-corrected chi connectivity index (χ0v) is 35.6. The molecule has 4 aliphatic heterocycles. The van der Waals surface area contributed by atoms with Crippen molar-refractivity contribution in [3.63, 3.8) is 0 Å². The molecule has 4 amide bonds. The number of ether oxygens (including phenoxy) is 1. The monoisotopic (exact) mass is 841 g/mol. The highest BCUT2D eigenvalue weighted by Crippen LogP contribution is 2.59. The van der Waals surface area contributed by atoms with Crippen molar-refractivity contribution in [1.29, 1.82) is 5.26 Å². The number of piperazine rings is 1. The maximum Gasteiger partial charge on any atom is 0.255 e. The second-order valence-corrected chi connectivity index (χ2v) is 18.7. The molecule has 0 unspecified atom stereocenters. The Morgan fingerprint density at radius 1 is 0.935 bits per heavy atom. The number of hydrogen-bond donors (Lipinski definition) is 1. The average Bonchev–Trinajstić information content (AvgIpc) is 3.58. The lowest BCUT2D eigenvalue weighted by Crippen LogP contribution is -2.77. The molecule has 4 aromatic rings. The van der Waals surface area contributed by atoms with Gasteiger partial charge in [-0.05, 0) is 79.3 Å². The number of nitrogens with zero attached hydrogens (tertiary/aromatic N) is 8. The topological polar surface area (TPSA) is 169 Å². The van der Waals surface area contributed by atoms with Crippen LogP contribution in [0.2, 0.25) is 0 Å². The first-order valence-corrected chi connectivity index (χ1v) is 21.6. The van der Waals surface area contributed by atoms with E-state index >= 15 is 4.39 Å². The Balaban J connectivity index is 0.831. The van der Waals surface area contributed by atoms with Gasteiger partial charge in [-0.25, -0.2) is 9.37 Å². The quantitative estimate of drug-likeness (QED) is 0.222. The molecule has 1 aliphatic carbocycles. The van der Waals surface area contributed by atoms with E-state index in [1.165, 1.54) is 22.1 Å². The van der Waals surface area contributed by atoms with Crippen LogP contribution in [0.15, 0.2) is 60.9 Å². The first kappa shape index (κ1) is 41.2. The van der Waals surface area contributed by atoms with Gasteiger partial charge in [-0.1, -0.05) is 27.7 Å². The molecule has 5 aliphatic rings. The Bertz CT molecular complexity index is 2490. The zero-order chi connectivity index (χ0) is 43.7. The highest BCUT2D eigenvalue weighted by atomic mass is 19.1. The maximum atomic E-state index is 15.9. The van der Waals surface area contributed by atoms with E-state index in [-0.39, 0.29) is 30.9 Å². The summed E-state index contributed by atoms with van der Waals surface area (Å²) in [5.41, 5.74) is 6.80. The third kappa shape index (κ3) is 6.98. The number of nitriles is 1. The van der Waals surface area contributed by atoms with Crippen LogP contribution in [0.4, 0.5) is 15.9 Å². The molecule has 2 N–H and O–H groups in total. The number of carbonyl (C=O) groups is 4. The molecule has 0 bridgehead atoms. The molecule has 2 aromatic carbocycles. The number of aromatic nitrogens is 2. The van der Waals surface area contributed by atoms with Gasteiger partial charge in [0.05, 0.1) is 28.4 Å². The first-order valence-electron chi connectivity index (χ1n) is 21.6. The van der Waals surface area contributed by atoms with Crippen LogP contribution in [0.1, 0.15) is 85.2 Å². The fourth-order valence-electron chi connectivity index (χ4n) is 11.3. The van der Waals surface area contributed by atoms with Crippen LogP contribution in [0, 0.1) is 33.9 Å². The van der Waals surface area contributed by atoms with Crippen molar-refractivity contribution in [2.75, 3.05) is 55.6 Å². The Morgan fingerprint density at radius 2 is 1.68 bits per heavy atom. The minimum atomic E-state index is -0.867. The molecule has 2 aromatic heterocycles. The number of hydrogen-bond acceptors (Lipinski definition) is 11. The number of benzene rings is 2. The summed E-state index contributed by atoms with van der Waals surface area (Å²) in [6.45, 7) is 13.7. The largest absolute Gasteiger partial charge is 0.488 e. The van der Waals surface area contributed by atoms with Gasteiger partial charge < -0.3 is 25.2 Å². The second-order valence-electron chi connectivity index (χ2n) is 18.7. The summed E-state index contributed by atoms with van der Waals surface area (Å²) in [4.78, 5) is 72.1. The van der Waals surface area contributed by atoms with Crippen molar-refractivity contribution in [3.8, 4) is 11.8 Å². The van der Waals surface area contributed by atoms with Gasteiger partial charge in [0.1, 0.15) is 35.6 Å². The van der Waals surface area contributed by atoms with Gasteiger partial charge in [0.15, 0.2) is 0 Å². The highest BCUT2D eigenvalue weighted by Gasteiger charge is 2.68. The molecule has 1 saturated carbocycles. The predicted octanol–water partition coefficient (Wildman–Crippen LogP) is 5.13. The average molecular weight is 842 g/mol. The van der Waals surface area contributed by atoms with Gasteiger partial charge in [-0.3, -0.25) is 34.0 Å². The van der Waals surface area contributed by atoms with Crippen LogP contribution >= 0.6 is 0 Å². The molecule has 1 atom stereocenters. The number of nitrogens with two attached hydrogens (primary N) is 1. The normalized spacial score (nSPS) is 23.9. The molecule has 0 spiro atoms. The van der Waals surface area contributed by atoms with Crippen LogP contribution in [0.25, 0.3) is 10.9 Å². The smallest absolute Gasteiger partial charge is 0.255 e. The molecular formula is C47H52FN9O5. The van der Waals surface area contributed by atoms with Crippen LogP contribution in [0.3, 0.4) is 0 Å². The maximum absolute atomic E-state index is 15.9. The van der Waals surface area contributed by atoms with Gasteiger partial charge in [0.2, 0.25) is 11.8 Å². The van der Waals surface area contributed by atoms with Crippen LogP contribution in [-0.2, 0) is 16.1 Å². The summed E-state index contributed by atoms with van der Waals surface area (Å²) < 4.78 is 22.6. The second kappa shape index (κ2) is 15.6. The minimum Gasteiger partial charge on any atom is -0.488 e. The number of pyridine rings is 2. The number of likely N-dealkylation sites (tertiary alicyclic amines) is 1. The number of amides is 4. The molecular weight excluding hydrogens is 790 g/mol. The molecule has 4 fully saturated rings. The van der Waals surface area contributed by atoms with Crippen molar-refractivity contribution in [3.05, 3.63) is 89.0 Å². The molecule has 9 rings (SSSR count). The number of carbonyl (C=O) groups excluding carboxylic acids is 4. The predicted molar refractivity (Wildman–Crippen MR) is 230 cm³/mol. The Hall–Kier alpha value is -6.14. The summed E-state index contributed by atoms with van der Waals surface area (Å²) in [5.74, 6) is -0.0952. The summed E-state index contributed by atoms with van der Waals surface area (Å²) in [6.07, 6.45) is 5.11. The van der Waals surface area contributed by atoms with Crippen molar-refractivity contribution in [2.45, 2.75) is 78.1 Å². The number of halogens is 1. The molecule has 0 radical (unpaired) electrons. The highest BCUT2D eigenvalue weighted by molar-refractivity contribution is 6.06. The third-order valence-corrected chi connectivity index (χ3v) is 14.1. The van der Waals surface area contributed by atoms with Crippen molar-refractivity contribution >= 4 is 46.0 Å². The van der Waals surface area contributed by atoms with Gasteiger partial charge in [0, 0.05) is 93.0 Å². The summed E-state index contributed by atoms with van der Waals surface area (Å²) in [7, 11) is 0. The summed E-state index contributed by atoms with van der Waals surface area (Å²) >= 11 is 0. The van der Waals surface area contributed by atoms with Crippen molar-refractivity contribution in [1.82, 2.24) is 24.7 Å². The van der Waals surface area contributed by atoms with E-state index in [0.29, 0.717) is 58.0 Å². The Labute approximate surface area is 360 Å². The van der Waals surface area contributed by atoms with Crippen molar-refractivity contribution in [2.24, 2.45) is 22.5 Å². The molecule has 6 heterocycles. The molecule has 14 nitrogen and oxygen atoms in total. The molecule has 15 heteroatoms. The number of piperidine rings is 2. The Kier molecular flexibility index (Phi) is 10.4. The van der Waals surface area contributed by atoms with Gasteiger partial charge in [-0.2, -0.15) is 5.26 Å². The third-order valence-electron chi connectivity index (χ3n) is 14.1. The van der Waals surface area contributed by atoms with Crippen LogP contribution in [-0.4, -0.2) is 112 Å². The van der Waals surface area contributed by atoms with E-state index in [4.69, 9.17) is 10.5 Å². The van der Waals surface area contributed by atoms with Crippen molar-refractivity contribution < 1.29 is 28.3 Å². The number of fused-ring (bicyclic) bond motifs is 2. The van der Waals surface area contributed by atoms with E-state index in [0.717, 1.165) is 51.4 Å². The number of rotatable bonds is 9. The lowest BCUT2D eigenvalue weighted by molar-refractivity contribution is -0.216. The van der Waals surface area contributed by atoms with E-state index in [1.54, 1.807) is 36.5 Å². The van der Waals surface area contributed by atoms with Gasteiger partial charge in [0.25, 0.3) is 11.8 Å².